The Hall–Kier alpha value is -3.66. The highest BCUT2D eigenvalue weighted by molar-refractivity contribution is 6.11. The summed E-state index contributed by atoms with van der Waals surface area (Å²) in [6, 6.07) is 23.7. The molecule has 0 spiro atoms. The van der Waals surface area contributed by atoms with Crippen molar-refractivity contribution in [3.63, 3.8) is 0 Å². The molecule has 0 radical (unpaired) electrons. The Morgan fingerprint density at radius 3 is 2.33 bits per heavy atom. The van der Waals surface area contributed by atoms with Gasteiger partial charge in [-0.25, -0.2) is 0 Å². The number of carbonyl (C=O) groups excluding carboxylic acids is 2. The van der Waals surface area contributed by atoms with Gasteiger partial charge in [-0.3, -0.25) is 9.59 Å². The second-order valence-electron chi connectivity index (χ2n) is 9.93. The molecule has 1 N–H and O–H groups in total. The first-order valence-corrected chi connectivity index (χ1v) is 12.7. The van der Waals surface area contributed by atoms with Gasteiger partial charge in [0, 0.05) is 24.0 Å². The minimum Gasteiger partial charge on any atom is -0.494 e. The lowest BCUT2D eigenvalue weighted by Crippen LogP contribution is -2.48. The summed E-state index contributed by atoms with van der Waals surface area (Å²) in [4.78, 5) is 26.8. The molecule has 1 amide bonds. The molecular weight excluding hydrogens is 446 g/mol. The molecule has 0 bridgehead atoms. The van der Waals surface area contributed by atoms with Crippen LogP contribution in [0.5, 0.6) is 5.75 Å². The average Bonchev–Trinajstić information content (AvgIpc) is 2.87. The summed E-state index contributed by atoms with van der Waals surface area (Å²) in [6.45, 7) is 8.86. The van der Waals surface area contributed by atoms with E-state index in [1.54, 1.807) is 0 Å². The zero-order valence-corrected chi connectivity index (χ0v) is 21.7. The molecular formula is C32H35NO3. The van der Waals surface area contributed by atoms with E-state index in [0.717, 1.165) is 46.4 Å². The Labute approximate surface area is 214 Å². The van der Waals surface area contributed by atoms with Crippen LogP contribution in [0.4, 0.5) is 0 Å². The van der Waals surface area contributed by atoms with Gasteiger partial charge in [0.1, 0.15) is 5.75 Å². The van der Waals surface area contributed by atoms with Crippen molar-refractivity contribution in [2.24, 2.45) is 0 Å². The Balaban J connectivity index is 1.69. The Bertz CT molecular complexity index is 1270. The van der Waals surface area contributed by atoms with Crippen LogP contribution < -0.4 is 10.1 Å². The maximum absolute atomic E-state index is 13.6. The lowest BCUT2D eigenvalue weighted by molar-refractivity contribution is -0.119. The van der Waals surface area contributed by atoms with E-state index in [0.29, 0.717) is 24.2 Å². The number of carbonyl (C=O) groups is 2. The molecule has 1 atom stereocenters. The molecule has 186 valence electrons. The van der Waals surface area contributed by atoms with Crippen LogP contribution >= 0.6 is 0 Å². The van der Waals surface area contributed by atoms with Gasteiger partial charge in [0.2, 0.25) is 5.91 Å². The van der Waals surface area contributed by atoms with Gasteiger partial charge < -0.3 is 10.1 Å². The molecule has 0 saturated carbocycles. The van der Waals surface area contributed by atoms with Gasteiger partial charge in [-0.05, 0) is 61.6 Å². The van der Waals surface area contributed by atoms with Crippen LogP contribution in [0.1, 0.15) is 72.1 Å². The van der Waals surface area contributed by atoms with Gasteiger partial charge in [0.25, 0.3) is 0 Å². The number of rotatable bonds is 9. The highest BCUT2D eigenvalue weighted by atomic mass is 16.5. The molecule has 1 aliphatic rings. The van der Waals surface area contributed by atoms with Crippen molar-refractivity contribution < 1.29 is 14.3 Å². The molecule has 0 aromatic heterocycles. The zero-order chi connectivity index (χ0) is 25.7. The van der Waals surface area contributed by atoms with E-state index >= 15 is 0 Å². The first kappa shape index (κ1) is 25.4. The number of benzene rings is 3. The molecule has 0 unspecified atom stereocenters. The third-order valence-corrected chi connectivity index (χ3v) is 7.00. The topological polar surface area (TPSA) is 55.4 Å². The summed E-state index contributed by atoms with van der Waals surface area (Å²) in [5.41, 5.74) is 5.58. The standard InChI is InChI=1S/C32H35NO3/c1-5-6-19-36-26-17-15-25(16-18-26)32(4)21-29(24-13-11-22(2)12-14-24)28(31(35)33-32)20-30(34)27-10-8-7-9-23(27)3/h7-18H,5-6,19-21H2,1-4H3,(H,33,35)/t32-/m0/s1. The fourth-order valence-electron chi connectivity index (χ4n) is 4.75. The minimum absolute atomic E-state index is 0.0416. The van der Waals surface area contributed by atoms with Crippen LogP contribution in [0.25, 0.3) is 5.57 Å². The van der Waals surface area contributed by atoms with E-state index in [9.17, 15) is 9.59 Å². The Morgan fingerprint density at radius 2 is 1.67 bits per heavy atom. The van der Waals surface area contributed by atoms with E-state index in [1.807, 2.05) is 81.4 Å². The number of Topliss-reactive ketones (excluding diaryl/α,β-unsaturated/α-hetero) is 1. The number of nitrogens with one attached hydrogen (secondary N) is 1. The summed E-state index contributed by atoms with van der Waals surface area (Å²) < 4.78 is 5.82. The van der Waals surface area contributed by atoms with Crippen LogP contribution in [-0.4, -0.2) is 18.3 Å². The molecule has 36 heavy (non-hydrogen) atoms. The molecule has 4 rings (SSSR count). The van der Waals surface area contributed by atoms with E-state index in [4.69, 9.17) is 4.74 Å². The molecule has 4 heteroatoms. The van der Waals surface area contributed by atoms with Gasteiger partial charge in [-0.1, -0.05) is 79.6 Å². The Morgan fingerprint density at radius 1 is 0.972 bits per heavy atom. The lowest BCUT2D eigenvalue weighted by atomic mass is 9.77. The second kappa shape index (κ2) is 10.9. The first-order chi connectivity index (χ1) is 17.3. The number of amides is 1. The van der Waals surface area contributed by atoms with Gasteiger partial charge in [-0.2, -0.15) is 0 Å². The molecule has 1 heterocycles. The quantitative estimate of drug-likeness (QED) is 0.266. The maximum atomic E-state index is 13.6. The van der Waals surface area contributed by atoms with Gasteiger partial charge in [0.15, 0.2) is 5.78 Å². The van der Waals surface area contributed by atoms with Crippen molar-refractivity contribution >= 4 is 17.3 Å². The van der Waals surface area contributed by atoms with E-state index < -0.39 is 5.54 Å². The zero-order valence-electron chi connectivity index (χ0n) is 21.7. The van der Waals surface area contributed by atoms with E-state index in [1.165, 1.54) is 0 Å². The molecule has 3 aromatic carbocycles. The highest BCUT2D eigenvalue weighted by Gasteiger charge is 2.38. The fourth-order valence-corrected chi connectivity index (χ4v) is 4.75. The van der Waals surface area contributed by atoms with Gasteiger partial charge >= 0.3 is 0 Å². The van der Waals surface area contributed by atoms with E-state index in [2.05, 4.69) is 24.4 Å². The molecule has 0 saturated heterocycles. The van der Waals surface area contributed by atoms with Crippen molar-refractivity contribution in [2.45, 2.75) is 58.9 Å². The normalized spacial score (nSPS) is 17.6. The summed E-state index contributed by atoms with van der Waals surface area (Å²) in [5, 5.41) is 3.22. The highest BCUT2D eigenvalue weighted by Crippen LogP contribution is 2.40. The molecule has 0 fully saturated rings. The number of hydrogen-bond donors (Lipinski definition) is 1. The lowest BCUT2D eigenvalue weighted by Gasteiger charge is -2.38. The van der Waals surface area contributed by atoms with E-state index in [-0.39, 0.29) is 18.1 Å². The summed E-state index contributed by atoms with van der Waals surface area (Å²) >= 11 is 0. The molecule has 1 aliphatic heterocycles. The van der Waals surface area contributed by atoms with Gasteiger partial charge in [0.05, 0.1) is 12.1 Å². The van der Waals surface area contributed by atoms with Crippen LogP contribution in [0.2, 0.25) is 0 Å². The second-order valence-corrected chi connectivity index (χ2v) is 9.93. The average molecular weight is 482 g/mol. The number of hydrogen-bond acceptors (Lipinski definition) is 3. The summed E-state index contributed by atoms with van der Waals surface area (Å²) in [6.07, 6.45) is 2.77. The number of ether oxygens (including phenoxy) is 1. The Kier molecular flexibility index (Phi) is 7.73. The third-order valence-electron chi connectivity index (χ3n) is 7.00. The fraction of sp³-hybridized carbons (Fsp3) is 0.312. The maximum Gasteiger partial charge on any atom is 0.248 e. The van der Waals surface area contributed by atoms with Crippen molar-refractivity contribution in [2.75, 3.05) is 6.61 Å². The SMILES string of the molecule is CCCCOc1ccc([C@]2(C)CC(c3ccc(C)cc3)=C(CC(=O)c3ccccc3C)C(=O)N2)cc1. The summed E-state index contributed by atoms with van der Waals surface area (Å²) in [5.74, 6) is 0.598. The molecule has 3 aromatic rings. The predicted octanol–water partition coefficient (Wildman–Crippen LogP) is 6.94. The van der Waals surface area contributed by atoms with Crippen molar-refractivity contribution in [1.82, 2.24) is 5.32 Å². The summed E-state index contributed by atoms with van der Waals surface area (Å²) in [7, 11) is 0. The largest absolute Gasteiger partial charge is 0.494 e. The monoisotopic (exact) mass is 481 g/mol. The predicted molar refractivity (Wildman–Crippen MR) is 145 cm³/mol. The molecule has 4 nitrogen and oxygen atoms in total. The molecule has 0 aliphatic carbocycles. The number of unbranched alkanes of at least 4 members (excludes halogenated alkanes) is 1. The number of aryl methyl sites for hydroxylation is 2. The third kappa shape index (κ3) is 5.59. The van der Waals surface area contributed by atoms with Crippen LogP contribution in [0.15, 0.2) is 78.4 Å². The number of ketones is 1. The minimum atomic E-state index is -0.603. The van der Waals surface area contributed by atoms with Crippen LogP contribution in [0, 0.1) is 13.8 Å². The van der Waals surface area contributed by atoms with Crippen molar-refractivity contribution in [3.05, 3.63) is 106 Å². The van der Waals surface area contributed by atoms with Crippen LogP contribution in [-0.2, 0) is 10.3 Å². The smallest absolute Gasteiger partial charge is 0.248 e. The van der Waals surface area contributed by atoms with Crippen LogP contribution in [0.3, 0.4) is 0 Å². The first-order valence-electron chi connectivity index (χ1n) is 12.7. The van der Waals surface area contributed by atoms with Gasteiger partial charge in [-0.15, -0.1) is 0 Å². The van der Waals surface area contributed by atoms with Crippen molar-refractivity contribution in [3.8, 4) is 5.75 Å². The van der Waals surface area contributed by atoms with Crippen molar-refractivity contribution in [1.29, 1.82) is 0 Å².